The van der Waals surface area contributed by atoms with Crippen molar-refractivity contribution in [1.29, 1.82) is 0 Å². The van der Waals surface area contributed by atoms with Crippen LogP contribution < -0.4 is 10.6 Å². The van der Waals surface area contributed by atoms with Crippen molar-refractivity contribution in [2.24, 2.45) is 0 Å². The third kappa shape index (κ3) is 5.78. The molecular formula is C31H25F3N2O2. The van der Waals surface area contributed by atoms with E-state index in [1.54, 1.807) is 24.3 Å². The molecule has 7 heteroatoms. The molecular weight excluding hydrogens is 489 g/mol. The Bertz CT molecular complexity index is 1460. The zero-order valence-corrected chi connectivity index (χ0v) is 20.4. The number of anilines is 1. The van der Waals surface area contributed by atoms with E-state index in [2.05, 4.69) is 10.6 Å². The molecule has 0 aromatic heterocycles. The molecule has 192 valence electrons. The summed E-state index contributed by atoms with van der Waals surface area (Å²) >= 11 is 0. The maximum atomic E-state index is 13.2. The quantitative estimate of drug-likeness (QED) is 0.311. The number of benzene rings is 4. The molecule has 0 spiro atoms. The first-order valence-corrected chi connectivity index (χ1v) is 12.3. The molecule has 0 saturated carbocycles. The Balaban J connectivity index is 1.26. The van der Waals surface area contributed by atoms with Crippen molar-refractivity contribution in [3.8, 4) is 11.1 Å². The number of hydrogen-bond acceptors (Lipinski definition) is 2. The molecule has 5 rings (SSSR count). The second kappa shape index (κ2) is 10.5. The average Bonchev–Trinajstić information content (AvgIpc) is 3.30. The molecule has 0 saturated heterocycles. The van der Waals surface area contributed by atoms with Gasteiger partial charge in [-0.2, -0.15) is 13.2 Å². The minimum absolute atomic E-state index is 0.00689. The topological polar surface area (TPSA) is 58.2 Å². The van der Waals surface area contributed by atoms with Gasteiger partial charge in [-0.05, 0) is 71.0 Å². The first-order chi connectivity index (χ1) is 18.3. The molecule has 4 aromatic carbocycles. The van der Waals surface area contributed by atoms with Crippen molar-refractivity contribution in [3.05, 3.63) is 125 Å². The number of carbonyl (C=O) groups excluding carboxylic acids is 2. The van der Waals surface area contributed by atoms with E-state index in [4.69, 9.17) is 0 Å². The molecule has 0 fully saturated rings. The van der Waals surface area contributed by atoms with E-state index in [0.29, 0.717) is 35.2 Å². The molecule has 4 aromatic rings. The van der Waals surface area contributed by atoms with Gasteiger partial charge in [0.2, 0.25) is 5.91 Å². The molecule has 0 radical (unpaired) electrons. The molecule has 1 unspecified atom stereocenters. The third-order valence-corrected chi connectivity index (χ3v) is 6.66. The number of fused-ring (bicyclic) bond motifs is 1. The molecule has 0 aliphatic heterocycles. The van der Waals surface area contributed by atoms with Crippen molar-refractivity contribution < 1.29 is 22.8 Å². The highest BCUT2D eigenvalue weighted by atomic mass is 19.4. The van der Waals surface area contributed by atoms with Crippen molar-refractivity contribution >= 4 is 17.5 Å². The van der Waals surface area contributed by atoms with Crippen LogP contribution in [0.15, 0.2) is 97.1 Å². The fourth-order valence-corrected chi connectivity index (χ4v) is 4.83. The van der Waals surface area contributed by atoms with Gasteiger partial charge in [0.05, 0.1) is 12.0 Å². The first-order valence-electron chi connectivity index (χ1n) is 12.3. The van der Waals surface area contributed by atoms with E-state index in [0.717, 1.165) is 35.2 Å². The fraction of sp³-hybridized carbons (Fsp3) is 0.161. The number of rotatable bonds is 6. The fourth-order valence-electron chi connectivity index (χ4n) is 4.83. The smallest absolute Gasteiger partial charge is 0.352 e. The second-order valence-corrected chi connectivity index (χ2v) is 9.39. The Morgan fingerprint density at radius 2 is 1.47 bits per heavy atom. The first kappa shape index (κ1) is 25.3. The Kier molecular flexibility index (Phi) is 7.01. The number of halogens is 3. The number of alkyl halides is 3. The highest BCUT2D eigenvalue weighted by Gasteiger charge is 2.30. The summed E-state index contributed by atoms with van der Waals surface area (Å²) < 4.78 is 38.9. The molecule has 2 N–H and O–H groups in total. The summed E-state index contributed by atoms with van der Waals surface area (Å²) in [5, 5.41) is 6.02. The van der Waals surface area contributed by atoms with Crippen molar-refractivity contribution in [3.63, 3.8) is 0 Å². The highest BCUT2D eigenvalue weighted by Crippen LogP contribution is 2.32. The second-order valence-electron chi connectivity index (χ2n) is 9.39. The van der Waals surface area contributed by atoms with Gasteiger partial charge in [-0.25, -0.2) is 0 Å². The summed E-state index contributed by atoms with van der Waals surface area (Å²) in [5.74, 6) is -0.381. The van der Waals surface area contributed by atoms with Crippen LogP contribution in [-0.4, -0.2) is 17.9 Å². The lowest BCUT2D eigenvalue weighted by Gasteiger charge is -2.13. The zero-order valence-electron chi connectivity index (χ0n) is 20.4. The molecule has 1 aliphatic rings. The molecule has 1 aliphatic carbocycles. The Hall–Kier alpha value is -4.39. The van der Waals surface area contributed by atoms with Gasteiger partial charge in [0.1, 0.15) is 0 Å². The number of nitrogens with one attached hydrogen (secondary N) is 2. The normalized spacial score (nSPS) is 14.6. The van der Waals surface area contributed by atoms with Crippen LogP contribution >= 0.6 is 0 Å². The van der Waals surface area contributed by atoms with Gasteiger partial charge in [-0.15, -0.1) is 0 Å². The Morgan fingerprint density at radius 1 is 0.789 bits per heavy atom. The van der Waals surface area contributed by atoms with Gasteiger partial charge in [0.15, 0.2) is 0 Å². The van der Waals surface area contributed by atoms with Gasteiger partial charge >= 0.3 is 6.18 Å². The van der Waals surface area contributed by atoms with Crippen molar-refractivity contribution in [2.75, 3.05) is 5.32 Å². The predicted molar refractivity (Wildman–Crippen MR) is 141 cm³/mol. The number of hydrogen-bond donors (Lipinski definition) is 2. The maximum Gasteiger partial charge on any atom is 0.416 e. The number of carbonyl (C=O) groups is 2. The lowest BCUT2D eigenvalue weighted by molar-refractivity contribution is -0.137. The standard InChI is InChI=1S/C31H25F3N2O2/c32-31(33,34)24-13-10-21(11-14-24)27-8-4-5-9-28(27)30(38)36-25-15-12-22-17-26(19-23(22)18-25)35-29(37)16-20-6-2-1-3-7-20/h1-15,18,26H,16-17,19H2,(H,35,37)(H,36,38). The van der Waals surface area contributed by atoms with E-state index in [1.807, 2.05) is 48.5 Å². The summed E-state index contributed by atoms with van der Waals surface area (Å²) in [6.45, 7) is 0. The van der Waals surface area contributed by atoms with Crippen molar-refractivity contribution in [1.82, 2.24) is 5.32 Å². The van der Waals surface area contributed by atoms with Crippen LogP contribution in [0.4, 0.5) is 18.9 Å². The molecule has 0 bridgehead atoms. The SMILES string of the molecule is O=C(Cc1ccccc1)NC1Cc2ccc(NC(=O)c3ccccc3-c3ccc(C(F)(F)F)cc3)cc2C1. The summed E-state index contributed by atoms with van der Waals surface area (Å²) in [4.78, 5) is 25.7. The van der Waals surface area contributed by atoms with Crippen LogP contribution in [-0.2, 0) is 30.2 Å². The minimum atomic E-state index is -4.42. The summed E-state index contributed by atoms with van der Waals surface area (Å²) in [6.07, 6.45) is -2.71. The monoisotopic (exact) mass is 514 g/mol. The maximum absolute atomic E-state index is 13.2. The highest BCUT2D eigenvalue weighted by molar-refractivity contribution is 6.08. The summed E-state index contributed by atoms with van der Waals surface area (Å²) in [5.41, 5.74) is 4.44. The van der Waals surface area contributed by atoms with Crippen LogP contribution in [0.2, 0.25) is 0 Å². The Morgan fingerprint density at radius 3 is 2.21 bits per heavy atom. The van der Waals surface area contributed by atoms with Crippen LogP contribution in [0.3, 0.4) is 0 Å². The lowest BCUT2D eigenvalue weighted by Crippen LogP contribution is -2.36. The lowest BCUT2D eigenvalue weighted by atomic mass is 9.98. The third-order valence-electron chi connectivity index (χ3n) is 6.66. The van der Waals surface area contributed by atoms with Gasteiger partial charge in [0.25, 0.3) is 5.91 Å². The van der Waals surface area contributed by atoms with Gasteiger partial charge in [-0.3, -0.25) is 9.59 Å². The molecule has 0 heterocycles. The van der Waals surface area contributed by atoms with Crippen molar-refractivity contribution in [2.45, 2.75) is 31.5 Å². The van der Waals surface area contributed by atoms with Crippen LogP contribution in [0.5, 0.6) is 0 Å². The van der Waals surface area contributed by atoms with Crippen LogP contribution in [0.1, 0.15) is 32.6 Å². The molecule has 2 amide bonds. The van der Waals surface area contributed by atoms with E-state index >= 15 is 0 Å². The summed E-state index contributed by atoms with van der Waals surface area (Å²) in [6, 6.07) is 26.9. The zero-order chi connectivity index (χ0) is 26.7. The Labute approximate surface area is 218 Å². The summed E-state index contributed by atoms with van der Waals surface area (Å²) in [7, 11) is 0. The van der Waals surface area contributed by atoms with E-state index < -0.39 is 11.7 Å². The number of amides is 2. The molecule has 4 nitrogen and oxygen atoms in total. The van der Waals surface area contributed by atoms with E-state index in [9.17, 15) is 22.8 Å². The minimum Gasteiger partial charge on any atom is -0.352 e. The largest absolute Gasteiger partial charge is 0.416 e. The molecule has 1 atom stereocenters. The van der Waals surface area contributed by atoms with E-state index in [1.165, 1.54) is 12.1 Å². The van der Waals surface area contributed by atoms with Crippen LogP contribution in [0, 0.1) is 0 Å². The predicted octanol–water partition coefficient (Wildman–Crippen LogP) is 6.45. The van der Waals surface area contributed by atoms with Crippen LogP contribution in [0.25, 0.3) is 11.1 Å². The average molecular weight is 515 g/mol. The van der Waals surface area contributed by atoms with E-state index in [-0.39, 0.29) is 17.9 Å². The molecule has 38 heavy (non-hydrogen) atoms. The van der Waals surface area contributed by atoms with Gasteiger partial charge < -0.3 is 10.6 Å². The van der Waals surface area contributed by atoms with Gasteiger partial charge in [0, 0.05) is 17.3 Å². The van der Waals surface area contributed by atoms with Gasteiger partial charge in [-0.1, -0.05) is 66.7 Å².